The molecule has 85 heavy (non-hydrogen) atoms. The summed E-state index contributed by atoms with van der Waals surface area (Å²) < 4.78 is 28.5. The lowest BCUT2D eigenvalue weighted by Gasteiger charge is -2.40. The Morgan fingerprint density at radius 3 is 1.13 bits per heavy atom. The Bertz CT molecular complexity index is 1940. The number of ether oxygens (including phenoxy) is 5. The van der Waals surface area contributed by atoms with Crippen LogP contribution in [0.3, 0.4) is 0 Å². The molecule has 0 aromatic carbocycles. The van der Waals surface area contributed by atoms with Gasteiger partial charge in [0.25, 0.3) is 0 Å². The highest BCUT2D eigenvalue weighted by atomic mass is 16.7. The Hall–Kier alpha value is -4.88. The van der Waals surface area contributed by atoms with Crippen LogP contribution in [0.15, 0.2) is 122 Å². The maximum Gasteiger partial charge on any atom is 0.335 e. The van der Waals surface area contributed by atoms with Crippen LogP contribution < -0.4 is 0 Å². The van der Waals surface area contributed by atoms with Crippen molar-refractivity contribution in [2.45, 2.75) is 302 Å². The van der Waals surface area contributed by atoms with Crippen LogP contribution in [0.4, 0.5) is 0 Å². The molecule has 1 saturated heterocycles. The lowest BCUT2D eigenvalue weighted by atomic mass is 9.98. The summed E-state index contributed by atoms with van der Waals surface area (Å²) in [6.45, 7) is 5.75. The normalized spacial score (nSPS) is 18.2. The van der Waals surface area contributed by atoms with Gasteiger partial charge in [-0.25, -0.2) is 4.79 Å². The van der Waals surface area contributed by atoms with Gasteiger partial charge < -0.3 is 39.0 Å². The maximum absolute atomic E-state index is 13.2. The average molecular weight is 1190 g/mol. The van der Waals surface area contributed by atoms with Crippen molar-refractivity contribution in [2.24, 2.45) is 0 Å². The molecule has 0 aromatic heterocycles. The van der Waals surface area contributed by atoms with Gasteiger partial charge in [0.05, 0.1) is 6.61 Å². The molecular formula is C73H118O12. The van der Waals surface area contributed by atoms with Gasteiger partial charge >= 0.3 is 23.9 Å². The Labute approximate surface area is 516 Å². The molecule has 1 rings (SSSR count). The van der Waals surface area contributed by atoms with Crippen LogP contribution in [-0.4, -0.2) is 89.2 Å². The number of allylic oxidation sites excluding steroid dienone is 20. The largest absolute Gasteiger partial charge is 0.479 e. The van der Waals surface area contributed by atoms with Crippen LogP contribution in [0.2, 0.25) is 0 Å². The van der Waals surface area contributed by atoms with Crippen molar-refractivity contribution in [3.63, 3.8) is 0 Å². The lowest BCUT2D eigenvalue weighted by Crippen LogP contribution is -2.61. The van der Waals surface area contributed by atoms with Crippen molar-refractivity contribution in [3.8, 4) is 0 Å². The van der Waals surface area contributed by atoms with Gasteiger partial charge in [0.15, 0.2) is 24.6 Å². The van der Waals surface area contributed by atoms with Crippen molar-refractivity contribution in [1.29, 1.82) is 0 Å². The van der Waals surface area contributed by atoms with Gasteiger partial charge in [0.2, 0.25) is 0 Å². The molecule has 0 spiro atoms. The number of carbonyl (C=O) groups is 4. The third-order valence-corrected chi connectivity index (χ3v) is 14.5. The van der Waals surface area contributed by atoms with Crippen LogP contribution in [0.25, 0.3) is 0 Å². The summed E-state index contributed by atoms with van der Waals surface area (Å²) in [5, 5.41) is 31.6. The van der Waals surface area contributed by atoms with E-state index in [0.29, 0.717) is 19.3 Å². The third-order valence-electron chi connectivity index (χ3n) is 14.5. The van der Waals surface area contributed by atoms with Gasteiger partial charge in [-0.15, -0.1) is 0 Å². The number of aliphatic hydroxyl groups is 2. The molecule has 1 aliphatic rings. The lowest BCUT2D eigenvalue weighted by molar-refractivity contribution is -0.301. The molecule has 6 atom stereocenters. The number of hydrogen-bond acceptors (Lipinski definition) is 11. The highest BCUT2D eigenvalue weighted by molar-refractivity contribution is 5.74. The third kappa shape index (κ3) is 48.9. The minimum atomic E-state index is -1.93. The van der Waals surface area contributed by atoms with Crippen LogP contribution in [-0.2, 0) is 42.9 Å². The van der Waals surface area contributed by atoms with Crippen LogP contribution in [0, 0.1) is 0 Å². The summed E-state index contributed by atoms with van der Waals surface area (Å²) >= 11 is 0. The van der Waals surface area contributed by atoms with Crippen LogP contribution in [0.1, 0.15) is 265 Å². The van der Waals surface area contributed by atoms with Crippen molar-refractivity contribution >= 4 is 23.9 Å². The van der Waals surface area contributed by atoms with E-state index in [1.165, 1.54) is 83.5 Å². The van der Waals surface area contributed by atoms with E-state index in [4.69, 9.17) is 23.7 Å². The minimum absolute atomic E-state index is 0.0129. The summed E-state index contributed by atoms with van der Waals surface area (Å²) in [5.74, 6) is -3.21. The Morgan fingerprint density at radius 1 is 0.400 bits per heavy atom. The van der Waals surface area contributed by atoms with E-state index in [0.717, 1.165) is 122 Å². The van der Waals surface area contributed by atoms with E-state index >= 15 is 0 Å². The molecule has 6 unspecified atom stereocenters. The first-order valence-corrected chi connectivity index (χ1v) is 33.5. The molecule has 12 heteroatoms. The summed E-state index contributed by atoms with van der Waals surface area (Å²) in [4.78, 5) is 51.4. The molecule has 3 N–H and O–H groups in total. The predicted octanol–water partition coefficient (Wildman–Crippen LogP) is 18.3. The number of aliphatic hydroxyl groups excluding tert-OH is 2. The second-order valence-corrected chi connectivity index (χ2v) is 22.3. The number of carboxylic acids is 1. The number of esters is 3. The van der Waals surface area contributed by atoms with Gasteiger partial charge in [-0.05, 0) is 109 Å². The SMILES string of the molecule is CC/C=C\C/C=C\C/C=C\C/C=C\C/C=C\CCCCCC(=O)OCC(COC1OC(C(=O)O)C(O)C(O)C1OC(=O)CCCCC/C=C\C/C=C\C/C=C\C/C=C\C/C=C\CC)OC(=O)CCCCCCCCCCCCCCCCCCC. The maximum atomic E-state index is 13.2. The number of carbonyl (C=O) groups excluding carboxylic acids is 3. The predicted molar refractivity (Wildman–Crippen MR) is 349 cm³/mol. The Morgan fingerprint density at radius 2 is 0.741 bits per heavy atom. The molecule has 0 amide bonds. The van der Waals surface area contributed by atoms with Crippen LogP contribution >= 0.6 is 0 Å². The summed E-state index contributed by atoms with van der Waals surface area (Å²) in [6, 6.07) is 0. The fourth-order valence-corrected chi connectivity index (χ4v) is 9.48. The average Bonchev–Trinajstić information content (AvgIpc) is 3.51. The van der Waals surface area contributed by atoms with Gasteiger partial charge in [-0.2, -0.15) is 0 Å². The Kier molecular flexibility index (Phi) is 54.6. The first-order valence-electron chi connectivity index (χ1n) is 33.5. The monoisotopic (exact) mass is 1190 g/mol. The van der Waals surface area contributed by atoms with Crippen molar-refractivity contribution in [3.05, 3.63) is 122 Å². The standard InChI is InChI=1S/C73H118O12/c1-4-7-10-13-16-19-22-25-28-31-33-36-38-41-44-47-50-53-56-59-65(74)81-62-64(83-66(75)60-57-54-51-48-45-42-39-35-30-27-24-21-18-15-12-9-6-3)63-82-73-71(69(78)68(77)70(85-73)72(79)80)84-67(76)61-58-55-52-49-46-43-40-37-34-32-29-26-23-20-17-14-11-8-5-2/h7-8,10-11,16-17,19-20,25-26,28-29,33-34,36-37,41,43-44,46,64,68-71,73,77-78H,4-6,9,12-15,18,21-24,27,30-32,35,38-40,42,45,47-63H2,1-3H3,(H,79,80)/b10-7-,11-8-,19-16-,20-17-,28-25-,29-26-,36-33-,37-34-,44-41-,46-43-. The number of aliphatic carboxylic acids is 1. The molecule has 0 radical (unpaired) electrons. The van der Waals surface area contributed by atoms with E-state index in [-0.39, 0.29) is 25.9 Å². The van der Waals surface area contributed by atoms with Gasteiger partial charge in [-0.1, -0.05) is 258 Å². The first kappa shape index (κ1) is 78.1. The summed E-state index contributed by atoms with van der Waals surface area (Å²) in [7, 11) is 0. The Balaban J connectivity index is 2.70. The summed E-state index contributed by atoms with van der Waals surface area (Å²) in [6.07, 6.45) is 70.1. The number of hydrogen-bond donors (Lipinski definition) is 3. The molecule has 482 valence electrons. The number of rotatable bonds is 56. The number of carboxylic acid groups (broad SMARTS) is 1. The van der Waals surface area contributed by atoms with Crippen LogP contribution in [0.5, 0.6) is 0 Å². The quantitative estimate of drug-likeness (QED) is 0.0228. The second kappa shape index (κ2) is 59.5. The highest BCUT2D eigenvalue weighted by Gasteiger charge is 2.50. The zero-order chi connectivity index (χ0) is 61.7. The van der Waals surface area contributed by atoms with Crippen molar-refractivity contribution in [2.75, 3.05) is 13.2 Å². The number of unbranched alkanes of at least 4 members (excludes halogenated alkanes) is 22. The molecule has 1 aliphatic heterocycles. The zero-order valence-electron chi connectivity index (χ0n) is 53.3. The van der Waals surface area contributed by atoms with E-state index in [1.807, 2.05) is 0 Å². The first-order chi connectivity index (χ1) is 41.6. The van der Waals surface area contributed by atoms with Gasteiger partial charge in [0, 0.05) is 19.3 Å². The zero-order valence-corrected chi connectivity index (χ0v) is 53.3. The smallest absolute Gasteiger partial charge is 0.335 e. The molecule has 0 bridgehead atoms. The highest BCUT2D eigenvalue weighted by Crippen LogP contribution is 2.26. The molecule has 0 saturated carbocycles. The van der Waals surface area contributed by atoms with E-state index < -0.39 is 67.3 Å². The van der Waals surface area contributed by atoms with Gasteiger partial charge in [0.1, 0.15) is 18.8 Å². The van der Waals surface area contributed by atoms with E-state index in [9.17, 15) is 34.5 Å². The molecule has 0 aliphatic carbocycles. The molecular weight excluding hydrogens is 1070 g/mol. The fraction of sp³-hybridized carbons (Fsp3) is 0.671. The fourth-order valence-electron chi connectivity index (χ4n) is 9.48. The van der Waals surface area contributed by atoms with Gasteiger partial charge in [-0.3, -0.25) is 14.4 Å². The van der Waals surface area contributed by atoms with E-state index in [1.54, 1.807) is 0 Å². The topological polar surface area (TPSA) is 175 Å². The molecule has 12 nitrogen and oxygen atoms in total. The molecule has 0 aromatic rings. The van der Waals surface area contributed by atoms with E-state index in [2.05, 4.69) is 142 Å². The second-order valence-electron chi connectivity index (χ2n) is 22.3. The van der Waals surface area contributed by atoms with Crippen molar-refractivity contribution < 1.29 is 58.2 Å². The molecule has 1 heterocycles. The summed E-state index contributed by atoms with van der Waals surface area (Å²) in [5.41, 5.74) is 0. The molecule has 1 fully saturated rings. The minimum Gasteiger partial charge on any atom is -0.479 e. The van der Waals surface area contributed by atoms with Crippen molar-refractivity contribution in [1.82, 2.24) is 0 Å².